The number of rotatable bonds is 3. The molecule has 0 spiro atoms. The predicted octanol–water partition coefficient (Wildman–Crippen LogP) is 2.67. The van der Waals surface area contributed by atoms with E-state index < -0.39 is 22.4 Å². The van der Waals surface area contributed by atoms with Gasteiger partial charge in [-0.25, -0.2) is 9.18 Å². The molecule has 0 radical (unpaired) electrons. The summed E-state index contributed by atoms with van der Waals surface area (Å²) in [5.41, 5.74) is -0.773. The van der Waals surface area contributed by atoms with Crippen LogP contribution >= 0.6 is 15.9 Å². The van der Waals surface area contributed by atoms with E-state index in [1.165, 1.54) is 0 Å². The molecule has 86 valence electrons. The first kappa shape index (κ1) is 12.6. The Kier molecular flexibility index (Phi) is 3.94. The summed E-state index contributed by atoms with van der Waals surface area (Å²) in [6, 6.07) is 2.07. The number of benzene rings is 1. The lowest BCUT2D eigenvalue weighted by Gasteiger charge is -2.04. The number of hydrogen-bond acceptors (Lipinski definition) is 4. The fraction of sp³-hybridized carbons (Fsp3) is 0.222. The molecule has 16 heavy (non-hydrogen) atoms. The first-order valence-corrected chi connectivity index (χ1v) is 5.07. The smallest absolute Gasteiger partial charge is 0.341 e. The first-order valence-electron chi connectivity index (χ1n) is 4.28. The number of esters is 1. The van der Waals surface area contributed by atoms with Gasteiger partial charge < -0.3 is 4.74 Å². The van der Waals surface area contributed by atoms with Gasteiger partial charge in [0.15, 0.2) is 5.82 Å². The van der Waals surface area contributed by atoms with Crippen molar-refractivity contribution in [2.75, 3.05) is 6.61 Å². The third-order valence-electron chi connectivity index (χ3n) is 1.75. The molecule has 0 aliphatic heterocycles. The molecule has 1 rings (SSSR count). The maximum Gasteiger partial charge on any atom is 0.341 e. The average Bonchev–Trinajstić information content (AvgIpc) is 2.21. The van der Waals surface area contributed by atoms with Crippen LogP contribution in [0.4, 0.5) is 10.1 Å². The van der Waals surface area contributed by atoms with Crippen LogP contribution in [0.3, 0.4) is 0 Å². The Hall–Kier alpha value is -1.50. The second kappa shape index (κ2) is 5.02. The van der Waals surface area contributed by atoms with E-state index in [2.05, 4.69) is 20.7 Å². The summed E-state index contributed by atoms with van der Waals surface area (Å²) in [6.45, 7) is 1.68. The summed E-state index contributed by atoms with van der Waals surface area (Å²) in [7, 11) is 0. The summed E-state index contributed by atoms with van der Waals surface area (Å²) < 4.78 is 17.8. The Labute approximate surface area is 98.5 Å². The lowest BCUT2D eigenvalue weighted by atomic mass is 10.2. The van der Waals surface area contributed by atoms with Crippen LogP contribution in [-0.2, 0) is 4.74 Å². The number of hydrogen-bond donors (Lipinski definition) is 0. The van der Waals surface area contributed by atoms with E-state index in [9.17, 15) is 19.3 Å². The summed E-state index contributed by atoms with van der Waals surface area (Å²) in [5, 5.41) is 10.5. The van der Waals surface area contributed by atoms with Crippen LogP contribution in [0.5, 0.6) is 0 Å². The number of carbonyl (C=O) groups is 1. The molecule has 1 aromatic carbocycles. The Morgan fingerprint density at radius 3 is 2.75 bits per heavy atom. The molecule has 7 heteroatoms. The first-order chi connectivity index (χ1) is 7.49. The monoisotopic (exact) mass is 291 g/mol. The summed E-state index contributed by atoms with van der Waals surface area (Å²) in [5.74, 6) is -1.84. The molecular formula is C9H7BrFNO4. The maximum absolute atomic E-state index is 13.5. The quantitative estimate of drug-likeness (QED) is 0.488. The van der Waals surface area contributed by atoms with Crippen LogP contribution in [-0.4, -0.2) is 17.5 Å². The van der Waals surface area contributed by atoms with Gasteiger partial charge in [0.05, 0.1) is 17.1 Å². The zero-order valence-electron chi connectivity index (χ0n) is 8.20. The van der Waals surface area contributed by atoms with Gasteiger partial charge in [0.1, 0.15) is 4.47 Å². The number of carbonyl (C=O) groups excluding carboxylic acids is 1. The number of nitro groups is 1. The standard InChI is InChI=1S/C9H7BrFNO4/c1-2-16-9(13)5-3-4-6(12(14)15)7(10)8(5)11/h3-4H,2H2,1H3. The average molecular weight is 292 g/mol. The molecule has 0 aromatic heterocycles. The highest BCUT2D eigenvalue weighted by atomic mass is 79.9. The summed E-state index contributed by atoms with van der Waals surface area (Å²) in [6.07, 6.45) is 0. The van der Waals surface area contributed by atoms with E-state index in [1.807, 2.05) is 0 Å². The van der Waals surface area contributed by atoms with Crippen molar-refractivity contribution >= 4 is 27.6 Å². The molecule has 0 aliphatic carbocycles. The molecule has 0 bridgehead atoms. The van der Waals surface area contributed by atoms with E-state index in [-0.39, 0.29) is 16.6 Å². The highest BCUT2D eigenvalue weighted by Crippen LogP contribution is 2.29. The van der Waals surface area contributed by atoms with Crippen molar-refractivity contribution in [2.24, 2.45) is 0 Å². The van der Waals surface area contributed by atoms with Gasteiger partial charge in [0, 0.05) is 6.07 Å². The Balaban J connectivity index is 3.21. The maximum atomic E-state index is 13.5. The van der Waals surface area contributed by atoms with Crippen LogP contribution in [0, 0.1) is 15.9 Å². The molecule has 0 N–H and O–H groups in total. The van der Waals surface area contributed by atoms with Gasteiger partial charge in [-0.15, -0.1) is 0 Å². The lowest BCUT2D eigenvalue weighted by Crippen LogP contribution is -2.08. The van der Waals surface area contributed by atoms with Crippen molar-refractivity contribution in [1.29, 1.82) is 0 Å². The molecule has 0 atom stereocenters. The SMILES string of the molecule is CCOC(=O)c1ccc([N+](=O)[O-])c(Br)c1F. The number of nitrogens with zero attached hydrogens (tertiary/aromatic N) is 1. The lowest BCUT2D eigenvalue weighted by molar-refractivity contribution is -0.385. The minimum Gasteiger partial charge on any atom is -0.462 e. The van der Waals surface area contributed by atoms with Gasteiger partial charge in [-0.2, -0.15) is 0 Å². The normalized spacial score (nSPS) is 9.94. The minimum absolute atomic E-state index is 0.104. The van der Waals surface area contributed by atoms with Gasteiger partial charge in [-0.1, -0.05) is 0 Å². The highest BCUT2D eigenvalue weighted by Gasteiger charge is 2.22. The van der Waals surface area contributed by atoms with E-state index in [0.717, 1.165) is 12.1 Å². The van der Waals surface area contributed by atoms with Crippen LogP contribution in [0.1, 0.15) is 17.3 Å². The zero-order valence-corrected chi connectivity index (χ0v) is 9.78. The van der Waals surface area contributed by atoms with Crippen LogP contribution in [0.15, 0.2) is 16.6 Å². The largest absolute Gasteiger partial charge is 0.462 e. The van der Waals surface area contributed by atoms with Gasteiger partial charge in [-0.05, 0) is 28.9 Å². The van der Waals surface area contributed by atoms with E-state index in [4.69, 9.17) is 0 Å². The summed E-state index contributed by atoms with van der Waals surface area (Å²) >= 11 is 2.73. The molecule has 0 fully saturated rings. The molecule has 0 amide bonds. The fourth-order valence-electron chi connectivity index (χ4n) is 1.05. The fourth-order valence-corrected chi connectivity index (χ4v) is 1.54. The minimum atomic E-state index is -0.993. The molecule has 0 saturated carbocycles. The topological polar surface area (TPSA) is 69.4 Å². The van der Waals surface area contributed by atoms with E-state index in [0.29, 0.717) is 0 Å². The second-order valence-electron chi connectivity index (χ2n) is 2.74. The van der Waals surface area contributed by atoms with Crippen molar-refractivity contribution in [1.82, 2.24) is 0 Å². The number of halogens is 2. The van der Waals surface area contributed by atoms with E-state index >= 15 is 0 Å². The molecule has 0 heterocycles. The van der Waals surface area contributed by atoms with Gasteiger partial charge in [-0.3, -0.25) is 10.1 Å². The van der Waals surface area contributed by atoms with Gasteiger partial charge >= 0.3 is 5.97 Å². The Bertz CT molecular complexity index is 449. The molecular weight excluding hydrogens is 285 g/mol. The van der Waals surface area contributed by atoms with Crippen molar-refractivity contribution in [2.45, 2.75) is 6.92 Å². The van der Waals surface area contributed by atoms with Crippen molar-refractivity contribution in [3.63, 3.8) is 0 Å². The third-order valence-corrected chi connectivity index (χ3v) is 2.51. The van der Waals surface area contributed by atoms with Crippen molar-refractivity contribution < 1.29 is 18.8 Å². The van der Waals surface area contributed by atoms with Gasteiger partial charge in [0.25, 0.3) is 5.69 Å². The van der Waals surface area contributed by atoms with Crippen molar-refractivity contribution in [3.8, 4) is 0 Å². The molecule has 0 saturated heterocycles. The zero-order chi connectivity index (χ0) is 12.3. The third kappa shape index (κ3) is 2.35. The van der Waals surface area contributed by atoms with Crippen LogP contribution in [0.25, 0.3) is 0 Å². The molecule has 0 unspecified atom stereocenters. The Morgan fingerprint density at radius 2 is 2.25 bits per heavy atom. The van der Waals surface area contributed by atoms with Crippen LogP contribution < -0.4 is 0 Å². The summed E-state index contributed by atoms with van der Waals surface area (Å²) in [4.78, 5) is 21.0. The molecule has 0 aliphatic rings. The molecule has 5 nitrogen and oxygen atoms in total. The van der Waals surface area contributed by atoms with Crippen molar-refractivity contribution in [3.05, 3.63) is 38.1 Å². The molecule has 1 aromatic rings. The second-order valence-corrected chi connectivity index (χ2v) is 3.53. The number of ether oxygens (including phenoxy) is 1. The van der Waals surface area contributed by atoms with E-state index in [1.54, 1.807) is 6.92 Å². The van der Waals surface area contributed by atoms with Gasteiger partial charge in [0.2, 0.25) is 0 Å². The Morgan fingerprint density at radius 1 is 1.62 bits per heavy atom. The highest BCUT2D eigenvalue weighted by molar-refractivity contribution is 9.10. The predicted molar refractivity (Wildman–Crippen MR) is 56.7 cm³/mol. The van der Waals surface area contributed by atoms with Crippen LogP contribution in [0.2, 0.25) is 0 Å². The number of nitro benzene ring substituents is 1.